The Morgan fingerprint density at radius 3 is 1.44 bits per heavy atom. The van der Waals surface area contributed by atoms with Crippen LogP contribution in [0.1, 0.15) is 59.9 Å². The van der Waals surface area contributed by atoms with E-state index >= 15 is 0 Å². The average Bonchev–Trinajstić information content (AvgIpc) is 3.64. The molecule has 11 rings (SSSR count). The summed E-state index contributed by atoms with van der Waals surface area (Å²) in [6.07, 6.45) is 6.18. The maximum Gasteiger partial charge on any atom is 0.410 e. The molecule has 462 valence electrons. The summed E-state index contributed by atoms with van der Waals surface area (Å²) in [5, 5.41) is 21.4. The number of carbonyl (C=O) groups excluding carboxylic acids is 5. The molecule has 7 aromatic rings. The first-order chi connectivity index (χ1) is 42.0. The molecule has 0 radical (unpaired) electrons. The number of nitrogens with zero attached hydrogens (tertiary/aromatic N) is 9. The van der Waals surface area contributed by atoms with E-state index in [-0.39, 0.29) is 51.4 Å². The fourth-order valence-corrected chi connectivity index (χ4v) is 10.7. The lowest BCUT2D eigenvalue weighted by Crippen LogP contribution is -2.51. The highest BCUT2D eigenvalue weighted by Crippen LogP contribution is 2.28. The molecular weight excluding hydrogens is 1110 g/mol. The molecule has 0 aliphatic carbocycles. The van der Waals surface area contributed by atoms with Crippen LogP contribution in [0, 0.1) is 0 Å². The van der Waals surface area contributed by atoms with Crippen molar-refractivity contribution < 1.29 is 28.7 Å². The van der Waals surface area contributed by atoms with Crippen LogP contribution in [0.2, 0.25) is 0 Å². The Balaban J connectivity index is 0.000000229. The fraction of sp³-hybridized carbons (Fsp3) is 0.348. The Bertz CT molecular complexity index is 3370. The fourth-order valence-electron chi connectivity index (χ4n) is 10.7. The van der Waals surface area contributed by atoms with Gasteiger partial charge in [-0.25, -0.2) is 34.3 Å². The van der Waals surface area contributed by atoms with E-state index in [0.29, 0.717) is 69.8 Å². The van der Waals surface area contributed by atoms with Gasteiger partial charge in [0.15, 0.2) is 0 Å². The van der Waals surface area contributed by atoms with Crippen LogP contribution in [0.15, 0.2) is 152 Å². The molecule has 0 bridgehead atoms. The molecule has 88 heavy (non-hydrogen) atoms. The highest BCUT2D eigenvalue weighted by molar-refractivity contribution is 5.97. The van der Waals surface area contributed by atoms with Crippen molar-refractivity contribution in [2.24, 2.45) is 0 Å². The average molecular weight is 1200 g/mol. The van der Waals surface area contributed by atoms with Gasteiger partial charge in [-0.1, -0.05) is 69.5 Å². The molecule has 0 unspecified atom stereocenters. The van der Waals surface area contributed by atoms with E-state index in [2.05, 4.69) is 86.2 Å². The molecule has 2 aromatic heterocycles. The number of hydrogen-bond acceptors (Lipinski definition) is 15. The summed E-state index contributed by atoms with van der Waals surface area (Å²) in [6, 6.07) is 43.9. The largest absolute Gasteiger partial charge is 0.445 e. The van der Waals surface area contributed by atoms with Gasteiger partial charge in [0.05, 0.1) is 17.4 Å². The van der Waals surface area contributed by atoms with E-state index in [1.807, 2.05) is 139 Å². The molecule has 4 aliphatic heterocycles. The molecule has 4 aliphatic rings. The first-order valence-electron chi connectivity index (χ1n) is 29.5. The van der Waals surface area contributed by atoms with E-state index in [1.165, 1.54) is 4.90 Å². The van der Waals surface area contributed by atoms with Crippen molar-refractivity contribution in [2.75, 3.05) is 110 Å². The third-order valence-corrected chi connectivity index (χ3v) is 15.3. The Kier molecular flexibility index (Phi) is 23.0. The Morgan fingerprint density at radius 2 is 0.989 bits per heavy atom. The Labute approximate surface area is 515 Å². The first-order valence-corrected chi connectivity index (χ1v) is 29.5. The standard InChI is InChI=1S/C36H40N8O4.C28H34N8O2.2CH4/c1-2-37-35(46)43-23-21-42(22-24-43)30-16-14-29(15-17-30)40-34-38-19-18-31(41-34)27-10-12-28(13-11-27)39-33(45)32-9-6-20-44(32)36(47)48-25-26-7-4-3-5-8-26;1-2-29-28(38)36-18-16-35(17-19-36)23-11-9-22(10-12-23)33-27-31-15-13-24(34-27)20-5-7-21(8-6-20)32-26(37)25-4-3-14-30-25;;/h3-5,7-8,10-19,32H,2,6,9,20-25H2,1H3,(H,37,46)(H,39,45)(H,38,40,41);5-13,15,25,30H,2-4,14,16-19H2,1H3,(H,29,38)(H,32,37)(H,31,33,34);2*1H4/t32-;25-;;/m11../s1. The summed E-state index contributed by atoms with van der Waals surface area (Å²) >= 11 is 0. The zero-order valence-electron chi connectivity index (χ0n) is 48.6. The number of likely N-dealkylation sites (tertiary alicyclic amines) is 1. The summed E-state index contributed by atoms with van der Waals surface area (Å²) in [6.45, 7) is 12.6. The lowest BCUT2D eigenvalue weighted by Gasteiger charge is -2.36. The molecule has 4 fully saturated rings. The number of piperazine rings is 2. The van der Waals surface area contributed by atoms with E-state index in [9.17, 15) is 24.0 Å². The van der Waals surface area contributed by atoms with Gasteiger partial charge < -0.3 is 61.6 Å². The van der Waals surface area contributed by atoms with Crippen LogP contribution in [0.5, 0.6) is 0 Å². The number of amides is 7. The minimum Gasteiger partial charge on any atom is -0.445 e. The number of rotatable bonds is 16. The first kappa shape index (κ1) is 64.2. The summed E-state index contributed by atoms with van der Waals surface area (Å²) in [5.41, 5.74) is 9.60. The van der Waals surface area contributed by atoms with Gasteiger partial charge in [0.2, 0.25) is 23.7 Å². The predicted octanol–water partition coefficient (Wildman–Crippen LogP) is 10.2. The third kappa shape index (κ3) is 17.2. The predicted molar refractivity (Wildman–Crippen MR) is 348 cm³/mol. The van der Waals surface area contributed by atoms with Gasteiger partial charge >= 0.3 is 18.2 Å². The minimum absolute atomic E-state index is 0. The van der Waals surface area contributed by atoms with Gasteiger partial charge in [-0.15, -0.1) is 0 Å². The highest BCUT2D eigenvalue weighted by atomic mass is 16.6. The van der Waals surface area contributed by atoms with E-state index in [4.69, 9.17) is 9.72 Å². The number of hydrogen-bond donors (Lipinski definition) is 7. The second-order valence-electron chi connectivity index (χ2n) is 21.2. The van der Waals surface area contributed by atoms with Gasteiger partial charge in [-0.2, -0.15) is 0 Å². The van der Waals surface area contributed by atoms with Crippen molar-refractivity contribution in [3.63, 3.8) is 0 Å². The molecule has 5 aromatic carbocycles. The monoisotopic (exact) mass is 1190 g/mol. The van der Waals surface area contributed by atoms with Crippen molar-refractivity contribution >= 4 is 76.0 Å². The SMILES string of the molecule is C.C.CCNC(=O)N1CCN(c2ccc(Nc3nccc(-c4ccc(NC(=O)[C@H]5CCCN5)cc4)n3)cc2)CC1.CCNC(=O)N1CCN(c2ccc(Nc3nccc(-c4ccc(NC(=O)[C@H]5CCCN5C(=O)OCc5ccccc5)cc4)n3)cc2)CC1. The van der Waals surface area contributed by atoms with Crippen molar-refractivity contribution in [3.8, 4) is 22.5 Å². The van der Waals surface area contributed by atoms with Crippen molar-refractivity contribution in [1.29, 1.82) is 0 Å². The van der Waals surface area contributed by atoms with Crippen molar-refractivity contribution in [1.82, 2.24) is 50.6 Å². The Hall–Kier alpha value is -9.83. The van der Waals surface area contributed by atoms with Crippen LogP contribution < -0.4 is 47.0 Å². The van der Waals surface area contributed by atoms with Crippen LogP contribution in [-0.4, -0.2) is 155 Å². The van der Waals surface area contributed by atoms with Crippen LogP contribution >= 0.6 is 0 Å². The number of nitrogens with one attached hydrogen (secondary N) is 7. The molecule has 7 N–H and O–H groups in total. The topological polar surface area (TPSA) is 247 Å². The number of carbonyl (C=O) groups is 5. The number of anilines is 8. The second kappa shape index (κ2) is 31.5. The zero-order chi connectivity index (χ0) is 59.6. The molecule has 0 saturated carbocycles. The number of aromatic nitrogens is 4. The molecular formula is C66H82N16O6. The smallest absolute Gasteiger partial charge is 0.410 e. The third-order valence-electron chi connectivity index (χ3n) is 15.3. The maximum atomic E-state index is 13.1. The quantitative estimate of drug-likeness (QED) is 0.0476. The summed E-state index contributed by atoms with van der Waals surface area (Å²) in [5.74, 6) is 0.749. The van der Waals surface area contributed by atoms with Crippen LogP contribution in [0.25, 0.3) is 22.5 Å². The van der Waals surface area contributed by atoms with Crippen LogP contribution in [0.4, 0.5) is 60.4 Å². The number of urea groups is 2. The molecule has 2 atom stereocenters. The summed E-state index contributed by atoms with van der Waals surface area (Å²) < 4.78 is 5.48. The highest BCUT2D eigenvalue weighted by Gasteiger charge is 2.35. The Morgan fingerprint density at radius 1 is 0.523 bits per heavy atom. The van der Waals surface area contributed by atoms with Gasteiger partial charge in [0.1, 0.15) is 12.6 Å². The molecule has 7 amide bonds. The van der Waals surface area contributed by atoms with Gasteiger partial charge in [-0.05, 0) is 137 Å². The van der Waals surface area contributed by atoms with Gasteiger partial charge in [-0.3, -0.25) is 14.5 Å². The normalized spacial score (nSPS) is 16.1. The maximum absolute atomic E-state index is 13.1. The van der Waals surface area contributed by atoms with E-state index in [1.54, 1.807) is 12.4 Å². The lowest BCUT2D eigenvalue weighted by atomic mass is 10.1. The molecule has 22 heteroatoms. The summed E-state index contributed by atoms with van der Waals surface area (Å²) in [7, 11) is 0. The molecule has 22 nitrogen and oxygen atoms in total. The van der Waals surface area contributed by atoms with Crippen molar-refractivity contribution in [3.05, 3.63) is 157 Å². The number of ether oxygens (including phenoxy) is 1. The van der Waals surface area contributed by atoms with Gasteiger partial charge in [0.25, 0.3) is 0 Å². The van der Waals surface area contributed by atoms with Crippen LogP contribution in [-0.2, 0) is 20.9 Å². The lowest BCUT2D eigenvalue weighted by molar-refractivity contribution is -0.120. The van der Waals surface area contributed by atoms with Crippen molar-refractivity contribution in [2.45, 2.75) is 73.1 Å². The molecule has 4 saturated heterocycles. The zero-order valence-corrected chi connectivity index (χ0v) is 48.6. The summed E-state index contributed by atoms with van der Waals surface area (Å²) in [4.78, 5) is 90.2. The van der Waals surface area contributed by atoms with E-state index in [0.717, 1.165) is 109 Å². The van der Waals surface area contributed by atoms with E-state index < -0.39 is 12.1 Å². The minimum atomic E-state index is -0.582. The number of benzene rings is 5. The van der Waals surface area contributed by atoms with Crippen LogP contribution in [0.3, 0.4) is 0 Å². The molecule has 0 spiro atoms. The second-order valence-corrected chi connectivity index (χ2v) is 21.2. The van der Waals surface area contributed by atoms with Gasteiger partial charge in [0, 0.05) is 130 Å². The molecule has 6 heterocycles.